The molecule has 0 saturated carbocycles. The van der Waals surface area contributed by atoms with Crippen LogP contribution in [0.2, 0.25) is 0 Å². The monoisotopic (exact) mass is 293 g/mol. The number of hydrogen-bond donors (Lipinski definition) is 0. The molecule has 0 fully saturated rings. The van der Waals surface area contributed by atoms with Gasteiger partial charge in [-0.15, -0.1) is 0 Å². The highest BCUT2D eigenvalue weighted by Gasteiger charge is 2.25. The molecule has 1 amide bonds. The molecule has 0 aromatic heterocycles. The van der Waals surface area contributed by atoms with Crippen molar-refractivity contribution in [3.8, 4) is 5.75 Å². The first-order chi connectivity index (χ1) is 9.53. The Hall–Kier alpha value is -2.08. The Kier molecular flexibility index (Phi) is 4.24. The van der Waals surface area contributed by atoms with E-state index in [-0.39, 0.29) is 6.54 Å². The minimum absolute atomic E-state index is 0.185. The predicted molar refractivity (Wildman–Crippen MR) is 76.4 cm³/mol. The van der Waals surface area contributed by atoms with E-state index in [1.165, 1.54) is 6.08 Å². The highest BCUT2D eigenvalue weighted by atomic mass is 32.2. The minimum atomic E-state index is -3.61. The number of rotatable bonds is 3. The Balaban J connectivity index is 2.10. The van der Waals surface area contributed by atoms with Gasteiger partial charge in [0.25, 0.3) is 15.9 Å². The summed E-state index contributed by atoms with van der Waals surface area (Å²) < 4.78 is 29.3. The maximum Gasteiger partial charge on any atom is 0.260 e. The molecule has 0 atom stereocenters. The summed E-state index contributed by atoms with van der Waals surface area (Å²) in [5, 5.41) is 1.07. The van der Waals surface area contributed by atoms with E-state index in [4.69, 9.17) is 4.74 Å². The summed E-state index contributed by atoms with van der Waals surface area (Å²) in [5.41, 5.74) is 0.795. The van der Waals surface area contributed by atoms with E-state index in [2.05, 4.69) is 0 Å². The van der Waals surface area contributed by atoms with Crippen molar-refractivity contribution >= 4 is 22.0 Å². The van der Waals surface area contributed by atoms with Crippen LogP contribution < -0.4 is 4.74 Å². The van der Waals surface area contributed by atoms with Crippen molar-refractivity contribution in [1.82, 2.24) is 4.31 Å². The fourth-order valence-electron chi connectivity index (χ4n) is 1.78. The van der Waals surface area contributed by atoms with Crippen LogP contribution in [0.5, 0.6) is 5.75 Å². The van der Waals surface area contributed by atoms with Crippen LogP contribution in [0, 0.1) is 0 Å². The molecule has 6 heteroatoms. The van der Waals surface area contributed by atoms with Crippen molar-refractivity contribution in [1.29, 1.82) is 0 Å². The molecule has 2 rings (SSSR count). The average molecular weight is 293 g/mol. The van der Waals surface area contributed by atoms with E-state index in [1.807, 2.05) is 0 Å². The third-order valence-corrected chi connectivity index (χ3v) is 4.37. The highest BCUT2D eigenvalue weighted by molar-refractivity contribution is 7.92. The summed E-state index contributed by atoms with van der Waals surface area (Å²) in [7, 11) is -2.03. The summed E-state index contributed by atoms with van der Waals surface area (Å²) in [6.07, 6.45) is 4.93. The van der Waals surface area contributed by atoms with Gasteiger partial charge in [-0.3, -0.25) is 4.79 Å². The zero-order chi connectivity index (χ0) is 14.6. The largest absolute Gasteiger partial charge is 0.497 e. The normalized spacial score (nSPS) is 17.4. The van der Waals surface area contributed by atoms with Gasteiger partial charge in [0, 0.05) is 18.0 Å². The third kappa shape index (κ3) is 3.27. The lowest BCUT2D eigenvalue weighted by Crippen LogP contribution is -2.36. The molecule has 0 radical (unpaired) electrons. The highest BCUT2D eigenvalue weighted by Crippen LogP contribution is 2.14. The second-order valence-electron chi connectivity index (χ2n) is 4.22. The number of carbonyl (C=O) groups is 1. The van der Waals surface area contributed by atoms with Crippen LogP contribution in [-0.2, 0) is 14.8 Å². The molecule has 1 aromatic carbocycles. The smallest absolute Gasteiger partial charge is 0.260 e. The summed E-state index contributed by atoms with van der Waals surface area (Å²) in [6.45, 7) is 0.185. The Bertz CT molecular complexity index is 644. The summed E-state index contributed by atoms with van der Waals surface area (Å²) in [4.78, 5) is 11.9. The number of nitrogens with zero attached hydrogens (tertiary/aromatic N) is 1. The Morgan fingerprint density at radius 2 is 2.00 bits per heavy atom. The molecule has 0 aliphatic carbocycles. The number of amides is 1. The Morgan fingerprint density at radius 3 is 2.60 bits per heavy atom. The fourth-order valence-corrected chi connectivity index (χ4v) is 2.98. The first-order valence-corrected chi connectivity index (χ1v) is 7.58. The summed E-state index contributed by atoms with van der Waals surface area (Å²) >= 11 is 0. The lowest BCUT2D eigenvalue weighted by atomic mass is 10.2. The topological polar surface area (TPSA) is 63.7 Å². The molecular weight excluding hydrogens is 278 g/mol. The Morgan fingerprint density at radius 1 is 1.30 bits per heavy atom. The molecule has 5 nitrogen and oxygen atoms in total. The molecule has 0 spiro atoms. The molecule has 20 heavy (non-hydrogen) atoms. The van der Waals surface area contributed by atoms with Gasteiger partial charge < -0.3 is 4.74 Å². The fraction of sp³-hybridized carbons (Fsp3) is 0.214. The molecule has 1 heterocycles. The van der Waals surface area contributed by atoms with Crippen molar-refractivity contribution < 1.29 is 17.9 Å². The van der Waals surface area contributed by atoms with Crippen molar-refractivity contribution in [2.45, 2.75) is 6.42 Å². The number of benzene rings is 1. The van der Waals surface area contributed by atoms with E-state index in [1.54, 1.807) is 43.5 Å². The van der Waals surface area contributed by atoms with Gasteiger partial charge in [0.1, 0.15) is 5.75 Å². The molecule has 0 bridgehead atoms. The third-order valence-electron chi connectivity index (χ3n) is 2.85. The van der Waals surface area contributed by atoms with Gasteiger partial charge in [-0.25, -0.2) is 12.7 Å². The molecular formula is C14H15NO4S. The van der Waals surface area contributed by atoms with Gasteiger partial charge in [-0.05, 0) is 30.2 Å². The first kappa shape index (κ1) is 14.3. The van der Waals surface area contributed by atoms with Gasteiger partial charge in [0.15, 0.2) is 0 Å². The van der Waals surface area contributed by atoms with Crippen molar-refractivity contribution in [2.75, 3.05) is 13.7 Å². The summed E-state index contributed by atoms with van der Waals surface area (Å²) in [5.74, 6) is 0.183. The number of sulfonamides is 1. The number of hydrogen-bond acceptors (Lipinski definition) is 4. The lowest BCUT2D eigenvalue weighted by Gasteiger charge is -2.21. The molecule has 0 N–H and O–H groups in total. The Labute approximate surface area is 118 Å². The summed E-state index contributed by atoms with van der Waals surface area (Å²) in [6, 6.07) is 7.11. The quantitative estimate of drug-likeness (QED) is 0.797. The van der Waals surface area contributed by atoms with Crippen molar-refractivity contribution in [3.63, 3.8) is 0 Å². The predicted octanol–water partition coefficient (Wildman–Crippen LogP) is 1.78. The van der Waals surface area contributed by atoms with E-state index in [9.17, 15) is 13.2 Å². The number of carbonyl (C=O) groups excluding carboxylic acids is 1. The SMILES string of the molecule is COc1ccc(/C=C/C(=O)N2CCC=CS2(=O)=O)cc1. The first-order valence-electron chi connectivity index (χ1n) is 6.08. The van der Waals surface area contributed by atoms with Crippen LogP contribution in [0.15, 0.2) is 41.8 Å². The number of ether oxygens (including phenoxy) is 1. The van der Waals surface area contributed by atoms with E-state index in [0.29, 0.717) is 6.42 Å². The zero-order valence-electron chi connectivity index (χ0n) is 11.0. The van der Waals surface area contributed by atoms with Crippen LogP contribution in [0.4, 0.5) is 0 Å². The lowest BCUT2D eigenvalue weighted by molar-refractivity contribution is -0.121. The van der Waals surface area contributed by atoms with Gasteiger partial charge in [-0.2, -0.15) is 0 Å². The van der Waals surface area contributed by atoms with E-state index >= 15 is 0 Å². The van der Waals surface area contributed by atoms with Gasteiger partial charge in [-0.1, -0.05) is 18.2 Å². The van der Waals surface area contributed by atoms with E-state index < -0.39 is 15.9 Å². The second kappa shape index (κ2) is 5.92. The van der Waals surface area contributed by atoms with Crippen LogP contribution in [0.1, 0.15) is 12.0 Å². The van der Waals surface area contributed by atoms with Crippen LogP contribution in [0.25, 0.3) is 6.08 Å². The van der Waals surface area contributed by atoms with Crippen LogP contribution in [0.3, 0.4) is 0 Å². The zero-order valence-corrected chi connectivity index (χ0v) is 11.8. The average Bonchev–Trinajstić information content (AvgIpc) is 2.45. The van der Waals surface area contributed by atoms with Gasteiger partial charge in [0.05, 0.1) is 7.11 Å². The molecule has 1 aliphatic rings. The molecule has 0 unspecified atom stereocenters. The minimum Gasteiger partial charge on any atom is -0.497 e. The number of methoxy groups -OCH3 is 1. The molecule has 1 aromatic rings. The molecule has 106 valence electrons. The maximum atomic E-state index is 11.9. The van der Waals surface area contributed by atoms with Crippen LogP contribution >= 0.6 is 0 Å². The van der Waals surface area contributed by atoms with Crippen molar-refractivity contribution in [2.24, 2.45) is 0 Å². The standard InChI is InChI=1S/C14H15NO4S/c1-19-13-7-4-12(5-8-13)6-9-14(16)15-10-2-3-11-20(15,17)18/h3-9,11H,2,10H2,1H3/b9-6+. The van der Waals surface area contributed by atoms with Gasteiger partial charge in [0.2, 0.25) is 0 Å². The maximum absolute atomic E-state index is 11.9. The molecule has 1 aliphatic heterocycles. The second-order valence-corrected chi connectivity index (χ2v) is 5.97. The van der Waals surface area contributed by atoms with Gasteiger partial charge >= 0.3 is 0 Å². The van der Waals surface area contributed by atoms with Crippen molar-refractivity contribution in [3.05, 3.63) is 47.4 Å². The molecule has 0 saturated heterocycles. The van der Waals surface area contributed by atoms with E-state index in [0.717, 1.165) is 21.0 Å². The van der Waals surface area contributed by atoms with Crippen LogP contribution in [-0.4, -0.2) is 32.3 Å².